The van der Waals surface area contributed by atoms with Crippen LogP contribution >= 0.6 is 0 Å². The largest absolute Gasteiger partial charge is 0.420 e. The Morgan fingerprint density at radius 1 is 1.44 bits per heavy atom. The first-order valence-electron chi connectivity index (χ1n) is 3.66. The Bertz CT molecular complexity index is 68.7. The van der Waals surface area contributed by atoms with Gasteiger partial charge in [-0.1, -0.05) is 6.42 Å². The van der Waals surface area contributed by atoms with Crippen molar-refractivity contribution in [1.29, 1.82) is 0 Å². The average molecular weight is 146 g/mol. The van der Waals surface area contributed by atoms with E-state index >= 15 is 0 Å². The third kappa shape index (κ3) is 2.47. The highest BCUT2D eigenvalue weighted by atomic mass is 28.3. The molecule has 1 saturated heterocycles. The van der Waals surface area contributed by atoms with E-state index in [1.54, 1.807) is 0 Å². The maximum absolute atomic E-state index is 8.57. The first kappa shape index (κ1) is 7.25. The molecule has 0 spiro atoms. The Balaban J connectivity index is 2.08. The predicted octanol–water partition coefficient (Wildman–Crippen LogP) is 0.513. The topological polar surface area (TPSA) is 29.5 Å². The summed E-state index contributed by atoms with van der Waals surface area (Å²) in [6, 6.07) is 2.24. The van der Waals surface area contributed by atoms with Gasteiger partial charge >= 0.3 is 0 Å². The van der Waals surface area contributed by atoms with Crippen LogP contribution in [0.2, 0.25) is 12.1 Å². The fourth-order valence-electron chi connectivity index (χ4n) is 1.18. The Kier molecular flexibility index (Phi) is 3.25. The highest BCUT2D eigenvalue weighted by molar-refractivity contribution is 6.52. The number of rotatable bonds is 2. The van der Waals surface area contributed by atoms with Gasteiger partial charge in [0.05, 0.1) is 0 Å². The van der Waals surface area contributed by atoms with Gasteiger partial charge in [0, 0.05) is 13.2 Å². The van der Waals surface area contributed by atoms with Crippen LogP contribution in [0.3, 0.4) is 0 Å². The predicted molar refractivity (Wildman–Crippen MR) is 39.0 cm³/mol. The quantitative estimate of drug-likeness (QED) is 0.575. The molecule has 2 nitrogen and oxygen atoms in total. The van der Waals surface area contributed by atoms with Crippen molar-refractivity contribution < 1.29 is 9.53 Å². The van der Waals surface area contributed by atoms with E-state index in [4.69, 9.17) is 9.53 Å². The summed E-state index contributed by atoms with van der Waals surface area (Å²) in [6.45, 7) is 1.29. The van der Waals surface area contributed by atoms with E-state index in [0.717, 1.165) is 12.7 Å². The van der Waals surface area contributed by atoms with E-state index in [1.807, 2.05) is 0 Å². The second-order valence-corrected chi connectivity index (χ2v) is 5.23. The van der Waals surface area contributed by atoms with Crippen molar-refractivity contribution in [2.24, 2.45) is 0 Å². The summed E-state index contributed by atoms with van der Waals surface area (Å²) in [7, 11) is -0.876. The first-order valence-corrected chi connectivity index (χ1v) is 5.76. The van der Waals surface area contributed by atoms with Gasteiger partial charge in [-0.05, 0) is 18.5 Å². The maximum Gasteiger partial charge on any atom is 0.179 e. The molecule has 54 valence electrons. The lowest BCUT2D eigenvalue weighted by Crippen LogP contribution is -2.23. The molecule has 1 unspecified atom stereocenters. The van der Waals surface area contributed by atoms with Gasteiger partial charge in [0.1, 0.15) is 0 Å². The third-order valence-corrected chi connectivity index (χ3v) is 4.39. The van der Waals surface area contributed by atoms with E-state index in [2.05, 4.69) is 0 Å². The zero-order chi connectivity index (χ0) is 6.53. The van der Waals surface area contributed by atoms with Crippen LogP contribution in [-0.4, -0.2) is 27.4 Å². The van der Waals surface area contributed by atoms with Gasteiger partial charge < -0.3 is 9.53 Å². The lowest BCUT2D eigenvalue weighted by Gasteiger charge is -2.19. The smallest absolute Gasteiger partial charge is 0.179 e. The molecule has 1 aliphatic heterocycles. The van der Waals surface area contributed by atoms with Gasteiger partial charge in [-0.2, -0.15) is 0 Å². The van der Waals surface area contributed by atoms with Crippen LogP contribution < -0.4 is 0 Å². The van der Waals surface area contributed by atoms with Crippen LogP contribution in [0.1, 0.15) is 12.8 Å². The van der Waals surface area contributed by atoms with Gasteiger partial charge in [-0.25, -0.2) is 0 Å². The van der Waals surface area contributed by atoms with Crippen molar-refractivity contribution in [3.05, 3.63) is 0 Å². The normalized spacial score (nSPS) is 28.3. The molecule has 0 saturated carbocycles. The lowest BCUT2D eigenvalue weighted by atomic mass is 10.4. The fraction of sp³-hybridized carbons (Fsp3) is 1.00. The molecule has 1 heterocycles. The molecule has 1 fully saturated rings. The second kappa shape index (κ2) is 4.03. The molecule has 0 bridgehead atoms. The van der Waals surface area contributed by atoms with E-state index < -0.39 is 9.04 Å². The summed E-state index contributed by atoms with van der Waals surface area (Å²) < 4.78 is 5.50. The van der Waals surface area contributed by atoms with Crippen molar-refractivity contribution in [2.75, 3.05) is 13.2 Å². The maximum atomic E-state index is 8.57. The second-order valence-electron chi connectivity index (χ2n) is 2.50. The van der Waals surface area contributed by atoms with E-state index in [0.29, 0.717) is 6.61 Å². The molecule has 1 atom stereocenters. The minimum atomic E-state index is -0.876. The van der Waals surface area contributed by atoms with Crippen molar-refractivity contribution in [3.63, 3.8) is 0 Å². The standard InChI is InChI=1S/C6H14O2Si/c7-3-6-9-5-2-1-4-8-9/h7,9H,1-6H2. The summed E-state index contributed by atoms with van der Waals surface area (Å²) in [5, 5.41) is 8.57. The van der Waals surface area contributed by atoms with Gasteiger partial charge in [0.25, 0.3) is 0 Å². The monoisotopic (exact) mass is 146 g/mol. The van der Waals surface area contributed by atoms with Gasteiger partial charge in [0.2, 0.25) is 0 Å². The molecule has 0 aromatic heterocycles. The van der Waals surface area contributed by atoms with E-state index in [9.17, 15) is 0 Å². The molecule has 0 aliphatic carbocycles. The molecular formula is C6H14O2Si. The highest BCUT2D eigenvalue weighted by Gasteiger charge is 2.14. The van der Waals surface area contributed by atoms with E-state index in [1.165, 1.54) is 18.9 Å². The SMILES string of the molecule is OCC[SiH]1CCCCO1. The molecule has 3 heteroatoms. The van der Waals surface area contributed by atoms with E-state index in [-0.39, 0.29) is 0 Å². The zero-order valence-corrected chi connectivity index (χ0v) is 6.83. The highest BCUT2D eigenvalue weighted by Crippen LogP contribution is 2.12. The van der Waals surface area contributed by atoms with Crippen LogP contribution in [0.25, 0.3) is 0 Å². The summed E-state index contributed by atoms with van der Waals surface area (Å²) >= 11 is 0. The first-order chi connectivity index (χ1) is 4.43. The summed E-state index contributed by atoms with van der Waals surface area (Å²) in [6.07, 6.45) is 2.56. The Hall–Kier alpha value is 0.137. The minimum Gasteiger partial charge on any atom is -0.420 e. The molecule has 1 rings (SSSR count). The van der Waals surface area contributed by atoms with Crippen LogP contribution in [0.5, 0.6) is 0 Å². The fourth-order valence-corrected chi connectivity index (χ4v) is 3.33. The van der Waals surface area contributed by atoms with Crippen LogP contribution in [0.15, 0.2) is 0 Å². The van der Waals surface area contributed by atoms with Crippen molar-refractivity contribution in [2.45, 2.75) is 24.9 Å². The minimum absolute atomic E-state index is 0.330. The summed E-state index contributed by atoms with van der Waals surface area (Å²) in [5.41, 5.74) is 0. The Morgan fingerprint density at radius 2 is 2.33 bits per heavy atom. The molecule has 0 aromatic rings. The molecule has 0 aromatic carbocycles. The number of aliphatic hydroxyl groups excluding tert-OH is 1. The van der Waals surface area contributed by atoms with Crippen molar-refractivity contribution in [1.82, 2.24) is 0 Å². The van der Waals surface area contributed by atoms with Gasteiger partial charge in [0.15, 0.2) is 9.04 Å². The Labute approximate surface area is 57.6 Å². The number of aliphatic hydroxyl groups is 1. The zero-order valence-electron chi connectivity index (χ0n) is 5.68. The van der Waals surface area contributed by atoms with Gasteiger partial charge in [-0.3, -0.25) is 0 Å². The molecule has 1 N–H and O–H groups in total. The average Bonchev–Trinajstić information content (AvgIpc) is 1.91. The van der Waals surface area contributed by atoms with Crippen LogP contribution in [-0.2, 0) is 4.43 Å². The number of hydrogen-bond acceptors (Lipinski definition) is 2. The summed E-state index contributed by atoms with van der Waals surface area (Å²) in [5.74, 6) is 0. The summed E-state index contributed by atoms with van der Waals surface area (Å²) in [4.78, 5) is 0. The Morgan fingerprint density at radius 3 is 2.89 bits per heavy atom. The molecule has 1 aliphatic rings. The molecule has 9 heavy (non-hydrogen) atoms. The number of hydrogen-bond donors (Lipinski definition) is 1. The van der Waals surface area contributed by atoms with Crippen molar-refractivity contribution >= 4 is 9.04 Å². The third-order valence-electron chi connectivity index (χ3n) is 1.73. The van der Waals surface area contributed by atoms with Crippen LogP contribution in [0, 0.1) is 0 Å². The van der Waals surface area contributed by atoms with Crippen molar-refractivity contribution in [3.8, 4) is 0 Å². The molecule has 0 amide bonds. The lowest BCUT2D eigenvalue weighted by molar-refractivity contribution is 0.267. The van der Waals surface area contributed by atoms with Crippen LogP contribution in [0.4, 0.5) is 0 Å². The molecule has 0 radical (unpaired) electrons. The van der Waals surface area contributed by atoms with Gasteiger partial charge in [-0.15, -0.1) is 0 Å². The molecular weight excluding hydrogens is 132 g/mol.